The topological polar surface area (TPSA) is 66.4 Å². The van der Waals surface area contributed by atoms with E-state index in [-0.39, 0.29) is 18.4 Å². The summed E-state index contributed by atoms with van der Waals surface area (Å²) < 4.78 is 0. The van der Waals surface area contributed by atoms with Crippen LogP contribution in [0.4, 0.5) is 0 Å². The average molecular weight is 301 g/mol. The van der Waals surface area contributed by atoms with Crippen molar-refractivity contribution >= 4 is 11.9 Å². The van der Waals surface area contributed by atoms with Gasteiger partial charge in [0.2, 0.25) is 5.91 Å². The molecule has 0 unspecified atom stereocenters. The largest absolute Gasteiger partial charge is 0.481 e. The highest BCUT2D eigenvalue weighted by Gasteiger charge is 2.22. The minimum absolute atomic E-state index is 0.0154. The van der Waals surface area contributed by atoms with E-state index in [2.05, 4.69) is 11.4 Å². The number of benzene rings is 1. The zero-order valence-corrected chi connectivity index (χ0v) is 12.9. The van der Waals surface area contributed by atoms with E-state index in [1.54, 1.807) is 0 Å². The standard InChI is InChI=1S/C18H23NO3/c1-13-6-5-7-14(10-13)11-16(18(21)22)12-19-17(20)15-8-3-2-4-9-15/h2-3,5-7,10,15-16H,4,8-9,11-12H2,1H3,(H,19,20)(H,21,22)/t15-,16-/m1/s1. The minimum Gasteiger partial charge on any atom is -0.481 e. The van der Waals surface area contributed by atoms with E-state index in [9.17, 15) is 14.7 Å². The highest BCUT2D eigenvalue weighted by atomic mass is 16.4. The first-order valence-corrected chi connectivity index (χ1v) is 7.77. The van der Waals surface area contributed by atoms with Gasteiger partial charge in [-0.1, -0.05) is 42.0 Å². The predicted octanol–water partition coefficient (Wildman–Crippen LogP) is 2.71. The average Bonchev–Trinajstić information content (AvgIpc) is 2.51. The number of carboxylic acid groups (broad SMARTS) is 1. The number of carboxylic acids is 1. The Balaban J connectivity index is 1.90. The fourth-order valence-electron chi connectivity index (χ4n) is 2.77. The molecule has 0 saturated heterocycles. The van der Waals surface area contributed by atoms with Crippen LogP contribution in [0.2, 0.25) is 0 Å². The van der Waals surface area contributed by atoms with Crippen molar-refractivity contribution < 1.29 is 14.7 Å². The maximum absolute atomic E-state index is 12.1. The van der Waals surface area contributed by atoms with Crippen LogP contribution in [0.15, 0.2) is 36.4 Å². The molecule has 0 aliphatic heterocycles. The van der Waals surface area contributed by atoms with Crippen LogP contribution >= 0.6 is 0 Å². The molecular weight excluding hydrogens is 278 g/mol. The summed E-state index contributed by atoms with van der Waals surface area (Å²) in [5, 5.41) is 12.2. The first kappa shape index (κ1) is 16.3. The van der Waals surface area contributed by atoms with E-state index in [1.165, 1.54) is 0 Å². The lowest BCUT2D eigenvalue weighted by molar-refractivity contribution is -0.141. The third-order valence-electron chi connectivity index (χ3n) is 4.08. The van der Waals surface area contributed by atoms with Gasteiger partial charge in [-0.2, -0.15) is 0 Å². The van der Waals surface area contributed by atoms with Crippen LogP contribution in [0, 0.1) is 18.8 Å². The first-order chi connectivity index (χ1) is 10.6. The molecule has 0 heterocycles. The summed E-state index contributed by atoms with van der Waals surface area (Å²) in [6.07, 6.45) is 7.06. The number of aliphatic carboxylic acids is 1. The van der Waals surface area contributed by atoms with Crippen molar-refractivity contribution in [1.82, 2.24) is 5.32 Å². The van der Waals surface area contributed by atoms with Gasteiger partial charge in [0.25, 0.3) is 0 Å². The van der Waals surface area contributed by atoms with Crippen molar-refractivity contribution in [2.45, 2.75) is 32.6 Å². The van der Waals surface area contributed by atoms with Crippen molar-refractivity contribution in [3.05, 3.63) is 47.5 Å². The predicted molar refractivity (Wildman–Crippen MR) is 85.5 cm³/mol. The molecule has 2 atom stereocenters. The van der Waals surface area contributed by atoms with Crippen LogP contribution in [0.3, 0.4) is 0 Å². The molecule has 0 aromatic heterocycles. The highest BCUT2D eigenvalue weighted by Crippen LogP contribution is 2.18. The van der Waals surface area contributed by atoms with Gasteiger partial charge in [0.05, 0.1) is 5.92 Å². The lowest BCUT2D eigenvalue weighted by Crippen LogP contribution is -2.37. The van der Waals surface area contributed by atoms with Gasteiger partial charge in [-0.05, 0) is 38.2 Å². The summed E-state index contributed by atoms with van der Waals surface area (Å²) >= 11 is 0. The summed E-state index contributed by atoms with van der Waals surface area (Å²) in [4.78, 5) is 23.5. The molecule has 22 heavy (non-hydrogen) atoms. The van der Waals surface area contributed by atoms with Crippen LogP contribution in [-0.4, -0.2) is 23.5 Å². The second-order valence-corrected chi connectivity index (χ2v) is 5.95. The first-order valence-electron chi connectivity index (χ1n) is 7.77. The lowest BCUT2D eigenvalue weighted by Gasteiger charge is -2.19. The maximum atomic E-state index is 12.1. The molecule has 0 spiro atoms. The molecule has 0 saturated carbocycles. The third-order valence-corrected chi connectivity index (χ3v) is 4.08. The van der Waals surface area contributed by atoms with Crippen LogP contribution in [0.1, 0.15) is 30.4 Å². The number of amides is 1. The van der Waals surface area contributed by atoms with E-state index >= 15 is 0 Å². The summed E-state index contributed by atoms with van der Waals surface area (Å²) in [6, 6.07) is 7.83. The number of carbonyl (C=O) groups excluding carboxylic acids is 1. The third kappa shape index (κ3) is 4.72. The zero-order valence-electron chi connectivity index (χ0n) is 12.9. The number of aryl methyl sites for hydroxylation is 1. The van der Waals surface area contributed by atoms with Gasteiger partial charge >= 0.3 is 5.97 Å². The number of rotatable bonds is 6. The molecule has 0 radical (unpaired) electrons. The van der Waals surface area contributed by atoms with Crippen molar-refractivity contribution in [3.8, 4) is 0 Å². The van der Waals surface area contributed by atoms with Gasteiger partial charge < -0.3 is 10.4 Å². The van der Waals surface area contributed by atoms with Crippen LogP contribution in [0.25, 0.3) is 0 Å². The lowest BCUT2D eigenvalue weighted by atomic mass is 9.93. The van der Waals surface area contributed by atoms with Gasteiger partial charge in [-0.3, -0.25) is 9.59 Å². The van der Waals surface area contributed by atoms with Crippen molar-refractivity contribution in [2.24, 2.45) is 11.8 Å². The Morgan fingerprint density at radius 3 is 2.82 bits per heavy atom. The zero-order chi connectivity index (χ0) is 15.9. The van der Waals surface area contributed by atoms with Crippen molar-refractivity contribution in [2.75, 3.05) is 6.54 Å². The Kier molecular flexibility index (Phi) is 5.75. The van der Waals surface area contributed by atoms with Gasteiger partial charge in [-0.15, -0.1) is 0 Å². The summed E-state index contributed by atoms with van der Waals surface area (Å²) in [5.74, 6) is -1.51. The van der Waals surface area contributed by atoms with E-state index in [0.717, 1.165) is 30.4 Å². The molecule has 4 nitrogen and oxygen atoms in total. The molecule has 1 aliphatic carbocycles. The monoisotopic (exact) mass is 301 g/mol. The molecule has 4 heteroatoms. The molecule has 2 N–H and O–H groups in total. The molecule has 1 aromatic rings. The summed E-state index contributed by atoms with van der Waals surface area (Å²) in [7, 11) is 0. The highest BCUT2D eigenvalue weighted by molar-refractivity contribution is 5.80. The normalized spacial score (nSPS) is 18.7. The van der Waals surface area contributed by atoms with Crippen LogP contribution in [-0.2, 0) is 16.0 Å². The van der Waals surface area contributed by atoms with E-state index in [0.29, 0.717) is 6.42 Å². The fraction of sp³-hybridized carbons (Fsp3) is 0.444. The van der Waals surface area contributed by atoms with E-state index < -0.39 is 11.9 Å². The molecule has 118 valence electrons. The minimum atomic E-state index is -0.870. The van der Waals surface area contributed by atoms with Crippen LogP contribution in [0.5, 0.6) is 0 Å². The van der Waals surface area contributed by atoms with Crippen LogP contribution < -0.4 is 5.32 Å². The van der Waals surface area contributed by atoms with Gasteiger partial charge in [0, 0.05) is 12.5 Å². The quantitative estimate of drug-likeness (QED) is 0.794. The van der Waals surface area contributed by atoms with Gasteiger partial charge in [0.15, 0.2) is 0 Å². The number of hydrogen-bond acceptors (Lipinski definition) is 2. The maximum Gasteiger partial charge on any atom is 0.308 e. The summed E-state index contributed by atoms with van der Waals surface area (Å²) in [5.41, 5.74) is 2.10. The molecule has 1 amide bonds. The molecular formula is C18H23NO3. The number of carbonyl (C=O) groups is 2. The number of allylic oxidation sites excluding steroid dienone is 2. The van der Waals surface area contributed by atoms with Crippen molar-refractivity contribution in [3.63, 3.8) is 0 Å². The Morgan fingerprint density at radius 1 is 1.36 bits per heavy atom. The second-order valence-electron chi connectivity index (χ2n) is 5.95. The molecule has 2 rings (SSSR count). The summed E-state index contributed by atoms with van der Waals surface area (Å²) in [6.45, 7) is 2.17. The molecule has 0 bridgehead atoms. The molecule has 1 aromatic carbocycles. The second kappa shape index (κ2) is 7.78. The van der Waals surface area contributed by atoms with E-state index in [1.807, 2.05) is 37.3 Å². The SMILES string of the molecule is Cc1cccc(C[C@H](CNC(=O)[C@@H]2CC=CCC2)C(=O)O)c1. The Morgan fingerprint density at radius 2 is 2.18 bits per heavy atom. The molecule has 1 aliphatic rings. The molecule has 0 fully saturated rings. The van der Waals surface area contributed by atoms with Gasteiger partial charge in [0.1, 0.15) is 0 Å². The number of nitrogens with one attached hydrogen (secondary N) is 1. The fourth-order valence-corrected chi connectivity index (χ4v) is 2.77. The van der Waals surface area contributed by atoms with Gasteiger partial charge in [-0.25, -0.2) is 0 Å². The Bertz CT molecular complexity index is 565. The Hall–Kier alpha value is -2.10. The Labute approximate surface area is 131 Å². The number of hydrogen-bond donors (Lipinski definition) is 2. The van der Waals surface area contributed by atoms with E-state index in [4.69, 9.17) is 0 Å². The van der Waals surface area contributed by atoms with Crippen molar-refractivity contribution in [1.29, 1.82) is 0 Å². The smallest absolute Gasteiger partial charge is 0.308 e.